The van der Waals surface area contributed by atoms with E-state index >= 15 is 0 Å². The summed E-state index contributed by atoms with van der Waals surface area (Å²) < 4.78 is 1.47. The molecule has 33 heavy (non-hydrogen) atoms. The number of nitrogens with zero attached hydrogens (tertiary/aromatic N) is 3. The van der Waals surface area contributed by atoms with E-state index in [4.69, 9.17) is 0 Å². The maximum atomic E-state index is 13.0. The zero-order valence-corrected chi connectivity index (χ0v) is 18.7. The number of rotatable bonds is 5. The molecule has 0 saturated heterocycles. The number of amides is 2. The highest BCUT2D eigenvalue weighted by atomic mass is 16.2. The average molecular weight is 444 g/mol. The second-order valence-corrected chi connectivity index (χ2v) is 10.3. The summed E-state index contributed by atoms with van der Waals surface area (Å²) in [4.78, 5) is 30.1. The van der Waals surface area contributed by atoms with Gasteiger partial charge in [-0.3, -0.25) is 9.78 Å². The predicted molar refractivity (Wildman–Crippen MR) is 126 cm³/mol. The summed E-state index contributed by atoms with van der Waals surface area (Å²) in [5.74, 6) is 2.33. The SMILES string of the molecule is O=C(NCc1nn(Cc2cccnc2)c(=O)c2ccccc12)NC12CC3CC(CC(C3)C1)C2. The minimum absolute atomic E-state index is 0.0343. The quantitative estimate of drug-likeness (QED) is 0.631. The molecule has 4 fully saturated rings. The first-order valence-electron chi connectivity index (χ1n) is 12.0. The van der Waals surface area contributed by atoms with E-state index in [0.717, 1.165) is 48.0 Å². The molecule has 0 radical (unpaired) electrons. The third-order valence-electron chi connectivity index (χ3n) is 7.83. The standard InChI is InChI=1S/C26H29N5O2/c32-24-22-6-2-1-5-21(22)23(30-31(24)16-17-4-3-7-27-14-17)15-28-25(33)29-26-11-18-8-19(12-26)10-20(9-18)13-26/h1-7,14,18-20H,8-13,15-16H2,(H2,28,29,33). The van der Waals surface area contributed by atoms with Gasteiger partial charge in [0.2, 0.25) is 0 Å². The van der Waals surface area contributed by atoms with Crippen molar-refractivity contribution in [2.75, 3.05) is 0 Å². The van der Waals surface area contributed by atoms with E-state index in [1.165, 1.54) is 23.9 Å². The zero-order valence-electron chi connectivity index (χ0n) is 18.7. The van der Waals surface area contributed by atoms with Crippen LogP contribution in [0.15, 0.2) is 53.6 Å². The van der Waals surface area contributed by atoms with Crippen molar-refractivity contribution in [3.8, 4) is 0 Å². The second-order valence-electron chi connectivity index (χ2n) is 10.3. The molecule has 2 aromatic heterocycles. The van der Waals surface area contributed by atoms with Crippen LogP contribution < -0.4 is 16.2 Å². The van der Waals surface area contributed by atoms with Gasteiger partial charge in [0.05, 0.1) is 24.2 Å². The molecule has 170 valence electrons. The predicted octanol–water partition coefficient (Wildman–Crippen LogP) is 3.61. The molecule has 1 aromatic carbocycles. The number of hydrogen-bond acceptors (Lipinski definition) is 4. The Labute approximate surface area is 192 Å². The Kier molecular flexibility index (Phi) is 4.93. The molecule has 4 aliphatic carbocycles. The van der Waals surface area contributed by atoms with E-state index in [9.17, 15) is 9.59 Å². The van der Waals surface area contributed by atoms with Crippen molar-refractivity contribution in [2.45, 2.75) is 57.2 Å². The van der Waals surface area contributed by atoms with Gasteiger partial charge >= 0.3 is 6.03 Å². The average Bonchev–Trinajstić information content (AvgIpc) is 2.79. The summed E-state index contributed by atoms with van der Waals surface area (Å²) in [6.45, 7) is 0.607. The van der Waals surface area contributed by atoms with Crippen molar-refractivity contribution >= 4 is 16.8 Å². The lowest BCUT2D eigenvalue weighted by atomic mass is 9.53. The monoisotopic (exact) mass is 443 g/mol. The van der Waals surface area contributed by atoms with Crippen LogP contribution in [0, 0.1) is 17.8 Å². The molecule has 0 aliphatic heterocycles. The van der Waals surface area contributed by atoms with Crippen molar-refractivity contribution in [1.82, 2.24) is 25.4 Å². The summed E-state index contributed by atoms with van der Waals surface area (Å²) in [5, 5.41) is 12.4. The second kappa shape index (κ2) is 7.97. The number of benzene rings is 1. The summed E-state index contributed by atoms with van der Waals surface area (Å²) in [6.07, 6.45) is 10.8. The van der Waals surface area contributed by atoms with Crippen LogP contribution in [0.25, 0.3) is 10.8 Å². The Hall–Kier alpha value is -3.22. The van der Waals surface area contributed by atoms with Crippen LogP contribution in [0.3, 0.4) is 0 Å². The fraction of sp³-hybridized carbons (Fsp3) is 0.462. The zero-order chi connectivity index (χ0) is 22.4. The Morgan fingerprint density at radius 3 is 2.36 bits per heavy atom. The number of fused-ring (bicyclic) bond motifs is 1. The molecule has 3 aromatic rings. The molecule has 2 heterocycles. The Morgan fingerprint density at radius 1 is 1.00 bits per heavy atom. The first-order chi connectivity index (χ1) is 16.1. The van der Waals surface area contributed by atoms with Gasteiger partial charge in [0, 0.05) is 23.3 Å². The fourth-order valence-corrected chi connectivity index (χ4v) is 6.92. The van der Waals surface area contributed by atoms with E-state index < -0.39 is 0 Å². The molecule has 0 unspecified atom stereocenters. The van der Waals surface area contributed by atoms with Gasteiger partial charge < -0.3 is 10.6 Å². The van der Waals surface area contributed by atoms with Gasteiger partial charge in [-0.2, -0.15) is 5.10 Å². The van der Waals surface area contributed by atoms with Gasteiger partial charge in [-0.15, -0.1) is 0 Å². The highest BCUT2D eigenvalue weighted by Crippen LogP contribution is 2.55. The van der Waals surface area contributed by atoms with Crippen LogP contribution in [0.1, 0.15) is 49.8 Å². The molecular formula is C26H29N5O2. The summed E-state index contributed by atoms with van der Waals surface area (Å²) in [5.41, 5.74) is 1.42. The van der Waals surface area contributed by atoms with E-state index in [1.807, 2.05) is 36.4 Å². The Balaban J connectivity index is 1.22. The van der Waals surface area contributed by atoms with Crippen LogP contribution in [-0.2, 0) is 13.1 Å². The lowest BCUT2D eigenvalue weighted by Gasteiger charge is -2.56. The molecular weight excluding hydrogens is 414 g/mol. The van der Waals surface area contributed by atoms with Crippen LogP contribution in [-0.4, -0.2) is 26.3 Å². The van der Waals surface area contributed by atoms with Crippen LogP contribution in [0.2, 0.25) is 0 Å². The molecule has 2 N–H and O–H groups in total. The molecule has 7 rings (SSSR count). The highest BCUT2D eigenvalue weighted by Gasteiger charge is 2.51. The van der Waals surface area contributed by atoms with Crippen LogP contribution in [0.4, 0.5) is 4.79 Å². The number of carbonyl (C=O) groups excluding carboxylic acids is 1. The van der Waals surface area contributed by atoms with E-state index in [2.05, 4.69) is 20.7 Å². The van der Waals surface area contributed by atoms with Gasteiger partial charge in [0.15, 0.2) is 0 Å². The molecule has 7 heteroatoms. The van der Waals surface area contributed by atoms with Crippen molar-refractivity contribution in [3.63, 3.8) is 0 Å². The first kappa shape index (κ1) is 20.4. The van der Waals surface area contributed by atoms with Crippen molar-refractivity contribution < 1.29 is 4.79 Å². The van der Waals surface area contributed by atoms with E-state index in [0.29, 0.717) is 17.6 Å². The number of hydrogen-bond donors (Lipinski definition) is 2. The number of carbonyl (C=O) groups is 1. The maximum absolute atomic E-state index is 13.0. The van der Waals surface area contributed by atoms with Crippen LogP contribution in [0.5, 0.6) is 0 Å². The van der Waals surface area contributed by atoms with Gasteiger partial charge in [0.1, 0.15) is 0 Å². The molecule has 2 amide bonds. The van der Waals surface area contributed by atoms with Gasteiger partial charge in [-0.25, -0.2) is 9.48 Å². The summed E-state index contributed by atoms with van der Waals surface area (Å²) in [6, 6.07) is 11.1. The minimum atomic E-state index is -0.142. The minimum Gasteiger partial charge on any atom is -0.333 e. The maximum Gasteiger partial charge on any atom is 0.315 e. The number of pyridine rings is 1. The summed E-state index contributed by atoms with van der Waals surface area (Å²) in [7, 11) is 0. The summed E-state index contributed by atoms with van der Waals surface area (Å²) >= 11 is 0. The number of aromatic nitrogens is 3. The van der Waals surface area contributed by atoms with Gasteiger partial charge in [0.25, 0.3) is 5.56 Å². The molecule has 4 aliphatic rings. The van der Waals surface area contributed by atoms with Gasteiger partial charge in [-0.1, -0.05) is 24.3 Å². The van der Waals surface area contributed by atoms with Crippen LogP contribution >= 0.6 is 0 Å². The van der Waals surface area contributed by atoms with E-state index in [-0.39, 0.29) is 23.7 Å². The number of urea groups is 1. The molecule has 0 atom stereocenters. The smallest absolute Gasteiger partial charge is 0.315 e. The normalized spacial score (nSPS) is 27.6. The third kappa shape index (κ3) is 3.90. The largest absolute Gasteiger partial charge is 0.333 e. The van der Waals surface area contributed by atoms with Crippen molar-refractivity contribution in [2.24, 2.45) is 17.8 Å². The van der Waals surface area contributed by atoms with Gasteiger partial charge in [-0.05, 0) is 74.0 Å². The Bertz CT molecular complexity index is 1220. The lowest BCUT2D eigenvalue weighted by molar-refractivity contribution is -0.0135. The molecule has 4 saturated carbocycles. The Morgan fingerprint density at radius 2 is 1.70 bits per heavy atom. The van der Waals surface area contributed by atoms with E-state index in [1.54, 1.807) is 12.4 Å². The third-order valence-corrected chi connectivity index (χ3v) is 7.83. The van der Waals surface area contributed by atoms with Crippen molar-refractivity contribution in [3.05, 3.63) is 70.4 Å². The van der Waals surface area contributed by atoms with Crippen molar-refractivity contribution in [1.29, 1.82) is 0 Å². The molecule has 0 spiro atoms. The number of nitrogens with one attached hydrogen (secondary N) is 2. The first-order valence-corrected chi connectivity index (χ1v) is 12.0. The lowest BCUT2D eigenvalue weighted by Crippen LogP contribution is -2.61. The fourth-order valence-electron chi connectivity index (χ4n) is 6.92. The molecule has 7 nitrogen and oxygen atoms in total. The topological polar surface area (TPSA) is 88.9 Å². The molecule has 4 bridgehead atoms. The highest BCUT2D eigenvalue weighted by molar-refractivity contribution is 5.84.